The van der Waals surface area contributed by atoms with Crippen molar-refractivity contribution in [1.29, 1.82) is 0 Å². The molecule has 0 saturated heterocycles. The second-order valence-corrected chi connectivity index (χ2v) is 4.68. The van der Waals surface area contributed by atoms with Crippen LogP contribution in [0, 0.1) is 19.7 Å². The Balaban J connectivity index is 2.49. The molecule has 0 saturated carbocycles. The van der Waals surface area contributed by atoms with Crippen molar-refractivity contribution >= 4 is 17.2 Å². The monoisotopic (exact) mass is 279 g/mol. The summed E-state index contributed by atoms with van der Waals surface area (Å²) in [5, 5.41) is 4.18. The minimum Gasteiger partial charge on any atom is -0.435 e. The van der Waals surface area contributed by atoms with Crippen molar-refractivity contribution in [3.8, 4) is 11.6 Å². The lowest BCUT2D eigenvalue weighted by Gasteiger charge is -2.09. The van der Waals surface area contributed by atoms with E-state index in [4.69, 9.17) is 22.7 Å². The number of nitrogens with zero attached hydrogens (tertiary/aromatic N) is 2. The van der Waals surface area contributed by atoms with Crippen molar-refractivity contribution in [2.75, 3.05) is 0 Å². The topological polar surface area (TPSA) is 53.1 Å². The zero-order valence-electron chi connectivity index (χ0n) is 10.9. The minimum atomic E-state index is -0.407. The quantitative estimate of drug-likeness (QED) is 0.877. The lowest BCUT2D eigenvalue weighted by Crippen LogP contribution is -2.11. The third-order valence-corrected chi connectivity index (χ3v) is 2.98. The highest BCUT2D eigenvalue weighted by atomic mass is 32.1. The first-order chi connectivity index (χ1) is 8.91. The first-order valence-corrected chi connectivity index (χ1v) is 6.09. The van der Waals surface area contributed by atoms with Crippen LogP contribution in [-0.4, -0.2) is 14.8 Å². The van der Waals surface area contributed by atoms with Crippen LogP contribution in [0.15, 0.2) is 18.2 Å². The highest BCUT2D eigenvalue weighted by molar-refractivity contribution is 7.80. The zero-order valence-corrected chi connectivity index (χ0v) is 11.7. The Hall–Kier alpha value is -1.95. The number of aromatic nitrogens is 2. The Bertz CT molecular complexity index is 652. The van der Waals surface area contributed by atoms with Gasteiger partial charge < -0.3 is 10.5 Å². The third kappa shape index (κ3) is 2.44. The second-order valence-electron chi connectivity index (χ2n) is 4.24. The van der Waals surface area contributed by atoms with Crippen molar-refractivity contribution in [1.82, 2.24) is 9.78 Å². The Morgan fingerprint density at radius 2 is 2.11 bits per heavy atom. The molecular weight excluding hydrogens is 265 g/mol. The maximum absolute atomic E-state index is 13.9. The fraction of sp³-hybridized carbons (Fsp3) is 0.231. The number of nitrogens with two attached hydrogens (primary N) is 1. The second kappa shape index (κ2) is 4.97. The van der Waals surface area contributed by atoms with E-state index < -0.39 is 5.82 Å². The number of hydrogen-bond acceptors (Lipinski definition) is 3. The van der Waals surface area contributed by atoms with Crippen LogP contribution in [0.1, 0.15) is 16.8 Å². The van der Waals surface area contributed by atoms with Crippen LogP contribution in [-0.2, 0) is 7.05 Å². The fourth-order valence-electron chi connectivity index (χ4n) is 1.84. The molecule has 4 nitrogen and oxygen atoms in total. The predicted octanol–water partition coefficient (Wildman–Crippen LogP) is 2.60. The number of benzene rings is 1. The van der Waals surface area contributed by atoms with Gasteiger partial charge in [-0.15, -0.1) is 0 Å². The summed E-state index contributed by atoms with van der Waals surface area (Å²) in [6.45, 7) is 3.44. The van der Waals surface area contributed by atoms with Crippen LogP contribution < -0.4 is 10.5 Å². The van der Waals surface area contributed by atoms with Crippen LogP contribution >= 0.6 is 12.2 Å². The van der Waals surface area contributed by atoms with E-state index in [-0.39, 0.29) is 10.7 Å². The van der Waals surface area contributed by atoms with Crippen LogP contribution in [0.5, 0.6) is 11.6 Å². The highest BCUT2D eigenvalue weighted by Gasteiger charge is 2.19. The van der Waals surface area contributed by atoms with Crippen molar-refractivity contribution in [2.45, 2.75) is 13.8 Å². The highest BCUT2D eigenvalue weighted by Crippen LogP contribution is 2.29. The van der Waals surface area contributed by atoms with E-state index in [9.17, 15) is 4.39 Å². The summed E-state index contributed by atoms with van der Waals surface area (Å²) in [5.74, 6) is 0.0604. The summed E-state index contributed by atoms with van der Waals surface area (Å²) in [6.07, 6.45) is 0. The van der Waals surface area contributed by atoms with Gasteiger partial charge in [0.1, 0.15) is 4.99 Å². The van der Waals surface area contributed by atoms with Gasteiger partial charge in [-0.25, -0.2) is 9.07 Å². The molecule has 0 bridgehead atoms. The Labute approximate surface area is 116 Å². The molecule has 0 aliphatic rings. The molecule has 0 amide bonds. The van der Waals surface area contributed by atoms with Crippen LogP contribution in [0.2, 0.25) is 0 Å². The maximum atomic E-state index is 13.9. The molecule has 0 fully saturated rings. The summed E-state index contributed by atoms with van der Waals surface area (Å²) >= 11 is 4.98. The number of halogens is 1. The summed E-state index contributed by atoms with van der Waals surface area (Å²) in [6, 6.07) is 4.94. The van der Waals surface area contributed by atoms with Gasteiger partial charge in [0.15, 0.2) is 11.6 Å². The molecule has 0 aliphatic heterocycles. The Morgan fingerprint density at radius 1 is 1.42 bits per heavy atom. The molecule has 0 spiro atoms. The van der Waals surface area contributed by atoms with Gasteiger partial charge in [-0.3, -0.25) is 0 Å². The maximum Gasteiger partial charge on any atom is 0.228 e. The van der Waals surface area contributed by atoms with Crippen molar-refractivity contribution < 1.29 is 9.13 Å². The molecule has 1 aromatic carbocycles. The van der Waals surface area contributed by atoms with Crippen LogP contribution in [0.4, 0.5) is 4.39 Å². The molecule has 0 atom stereocenters. The molecule has 1 aromatic heterocycles. The van der Waals surface area contributed by atoms with Crippen molar-refractivity contribution in [2.24, 2.45) is 12.8 Å². The number of aryl methyl sites for hydroxylation is 3. The van der Waals surface area contributed by atoms with Gasteiger partial charge in [-0.05, 0) is 25.5 Å². The van der Waals surface area contributed by atoms with Gasteiger partial charge in [-0.2, -0.15) is 5.10 Å². The first kappa shape index (κ1) is 13.5. The molecule has 2 N–H and O–H groups in total. The van der Waals surface area contributed by atoms with E-state index in [0.717, 1.165) is 0 Å². The predicted molar refractivity (Wildman–Crippen MR) is 75.0 cm³/mol. The SMILES string of the molecule is Cc1cccc(Oc2c(C(N)=S)c(C)nn2C)c1F. The molecule has 0 aliphatic carbocycles. The molecule has 100 valence electrons. The summed E-state index contributed by atoms with van der Waals surface area (Å²) in [5.41, 5.74) is 7.34. The summed E-state index contributed by atoms with van der Waals surface area (Å²) in [4.78, 5) is 0.175. The fourth-order valence-corrected chi connectivity index (χ4v) is 2.08. The van der Waals surface area contributed by atoms with E-state index in [2.05, 4.69) is 5.10 Å². The average molecular weight is 279 g/mol. The van der Waals surface area contributed by atoms with Gasteiger partial charge in [-0.1, -0.05) is 24.4 Å². The summed E-state index contributed by atoms with van der Waals surface area (Å²) in [7, 11) is 1.69. The molecule has 0 radical (unpaired) electrons. The van der Waals surface area contributed by atoms with Gasteiger partial charge in [0, 0.05) is 7.05 Å². The molecule has 2 rings (SSSR count). The van der Waals surface area contributed by atoms with Crippen molar-refractivity contribution in [3.05, 3.63) is 40.8 Å². The number of thiocarbonyl (C=S) groups is 1. The van der Waals surface area contributed by atoms with Crippen molar-refractivity contribution in [3.63, 3.8) is 0 Å². The van der Waals surface area contributed by atoms with Gasteiger partial charge in [0.2, 0.25) is 5.88 Å². The van der Waals surface area contributed by atoms with Gasteiger partial charge in [0.05, 0.1) is 11.3 Å². The van der Waals surface area contributed by atoms with Gasteiger partial charge >= 0.3 is 0 Å². The standard InChI is InChI=1S/C13H14FN3OS/c1-7-5-4-6-9(11(7)14)18-13-10(12(15)19)8(2)16-17(13)3/h4-6H,1-3H3,(H2,15,19). The van der Waals surface area contributed by atoms with Crippen LogP contribution in [0.3, 0.4) is 0 Å². The lowest BCUT2D eigenvalue weighted by atomic mass is 10.2. The zero-order chi connectivity index (χ0) is 14.2. The molecule has 2 aromatic rings. The normalized spacial score (nSPS) is 10.5. The molecule has 6 heteroatoms. The third-order valence-electron chi connectivity index (χ3n) is 2.78. The molecule has 0 unspecified atom stereocenters. The average Bonchev–Trinajstić information content (AvgIpc) is 2.60. The molecular formula is C13H14FN3OS. The Kier molecular flexibility index (Phi) is 3.53. The van der Waals surface area contributed by atoms with E-state index in [1.165, 1.54) is 4.68 Å². The number of rotatable bonds is 3. The first-order valence-electron chi connectivity index (χ1n) is 5.68. The minimum absolute atomic E-state index is 0.125. The largest absolute Gasteiger partial charge is 0.435 e. The van der Waals surface area contributed by atoms with E-state index in [1.807, 2.05) is 0 Å². The molecule has 19 heavy (non-hydrogen) atoms. The van der Waals surface area contributed by atoms with Gasteiger partial charge in [0.25, 0.3) is 0 Å². The number of ether oxygens (including phenoxy) is 1. The van der Waals surface area contributed by atoms with Crippen LogP contribution in [0.25, 0.3) is 0 Å². The van der Waals surface area contributed by atoms with E-state index in [1.54, 1.807) is 39.1 Å². The lowest BCUT2D eigenvalue weighted by molar-refractivity contribution is 0.401. The smallest absolute Gasteiger partial charge is 0.228 e. The van der Waals surface area contributed by atoms with E-state index >= 15 is 0 Å². The summed E-state index contributed by atoms with van der Waals surface area (Å²) < 4.78 is 21.0. The Morgan fingerprint density at radius 3 is 2.74 bits per heavy atom. The number of hydrogen-bond donors (Lipinski definition) is 1. The molecule has 1 heterocycles. The van der Waals surface area contributed by atoms with E-state index in [0.29, 0.717) is 22.7 Å².